The number of phenols is 1. The van der Waals surface area contributed by atoms with Crippen LogP contribution in [-0.4, -0.2) is 32.7 Å². The Morgan fingerprint density at radius 3 is 2.69 bits per heavy atom. The zero-order valence-electron chi connectivity index (χ0n) is 13.3. The van der Waals surface area contributed by atoms with Gasteiger partial charge < -0.3 is 10.4 Å². The van der Waals surface area contributed by atoms with Gasteiger partial charge in [-0.1, -0.05) is 47.7 Å². The number of amides is 2. The number of thioether (sulfide) groups is 1. The number of anilines is 1. The topological polar surface area (TPSA) is 69.6 Å². The van der Waals surface area contributed by atoms with E-state index in [-0.39, 0.29) is 24.1 Å². The minimum Gasteiger partial charge on any atom is -0.508 e. The first-order valence-electron chi connectivity index (χ1n) is 7.52. The fraction of sp³-hybridized carbons (Fsp3) is 0.0556. The summed E-state index contributed by atoms with van der Waals surface area (Å²) in [7, 11) is 0. The van der Waals surface area contributed by atoms with Crippen molar-refractivity contribution in [1.29, 1.82) is 0 Å². The lowest BCUT2D eigenvalue weighted by atomic mass is 10.2. The number of hydrogen-bond donors (Lipinski definition) is 2. The quantitative estimate of drug-likeness (QED) is 0.597. The smallest absolute Gasteiger partial charge is 0.266 e. The summed E-state index contributed by atoms with van der Waals surface area (Å²) >= 11 is 12.1. The molecule has 1 heterocycles. The van der Waals surface area contributed by atoms with Crippen molar-refractivity contribution in [3.8, 4) is 5.75 Å². The summed E-state index contributed by atoms with van der Waals surface area (Å²) in [6.45, 7) is -0.176. The molecule has 0 unspecified atom stereocenters. The summed E-state index contributed by atoms with van der Waals surface area (Å²) in [6.07, 6.45) is 1.64. The van der Waals surface area contributed by atoms with Gasteiger partial charge in [-0.2, -0.15) is 0 Å². The number of carbonyl (C=O) groups is 2. The molecule has 2 aromatic rings. The summed E-state index contributed by atoms with van der Waals surface area (Å²) in [4.78, 5) is 26.4. The highest BCUT2D eigenvalue weighted by Crippen LogP contribution is 2.32. The van der Waals surface area contributed by atoms with Crippen LogP contribution in [-0.2, 0) is 9.59 Å². The van der Waals surface area contributed by atoms with Gasteiger partial charge in [0.2, 0.25) is 5.91 Å². The van der Waals surface area contributed by atoms with E-state index in [1.165, 1.54) is 4.90 Å². The van der Waals surface area contributed by atoms with Gasteiger partial charge in [-0.15, -0.1) is 0 Å². The summed E-state index contributed by atoms with van der Waals surface area (Å²) < 4.78 is 0.313. The van der Waals surface area contributed by atoms with Gasteiger partial charge in [0, 0.05) is 10.7 Å². The lowest BCUT2D eigenvalue weighted by Crippen LogP contribution is -2.36. The van der Waals surface area contributed by atoms with Crippen LogP contribution in [0.4, 0.5) is 5.69 Å². The van der Waals surface area contributed by atoms with Crippen molar-refractivity contribution < 1.29 is 14.7 Å². The highest BCUT2D eigenvalue weighted by Gasteiger charge is 2.33. The molecule has 0 aromatic heterocycles. The number of nitrogens with one attached hydrogen (secondary N) is 1. The molecule has 0 bridgehead atoms. The predicted molar refractivity (Wildman–Crippen MR) is 108 cm³/mol. The van der Waals surface area contributed by atoms with Crippen LogP contribution in [0.25, 0.3) is 6.08 Å². The third-order valence-electron chi connectivity index (χ3n) is 3.47. The first-order valence-corrected chi connectivity index (χ1v) is 9.12. The number of carbonyl (C=O) groups excluding carboxylic acids is 2. The maximum atomic E-state index is 12.5. The lowest BCUT2D eigenvalue weighted by molar-refractivity contribution is -0.126. The molecule has 2 aromatic carbocycles. The van der Waals surface area contributed by atoms with E-state index < -0.39 is 0 Å². The standard InChI is InChI=1S/C18H13ClN2O3S2/c19-12-4-6-13(7-5-12)20-16(23)10-21-17(24)15(26-18(21)25)9-11-2-1-3-14(22)8-11/h1-9,22H,10H2,(H,20,23)/b15-9-. The fourth-order valence-electron chi connectivity index (χ4n) is 2.28. The molecular formula is C18H13ClN2O3S2. The van der Waals surface area contributed by atoms with Gasteiger partial charge in [-0.25, -0.2) is 0 Å². The second kappa shape index (κ2) is 7.90. The van der Waals surface area contributed by atoms with E-state index in [1.807, 2.05) is 0 Å². The average Bonchev–Trinajstić information content (AvgIpc) is 2.84. The molecule has 2 N–H and O–H groups in total. The van der Waals surface area contributed by atoms with Crippen LogP contribution >= 0.6 is 35.6 Å². The fourth-order valence-corrected chi connectivity index (χ4v) is 3.66. The Hall–Kier alpha value is -2.35. The lowest BCUT2D eigenvalue weighted by Gasteiger charge is -2.14. The predicted octanol–water partition coefficient (Wildman–Crippen LogP) is 3.89. The second-order valence-corrected chi connectivity index (χ2v) is 7.53. The molecule has 0 radical (unpaired) electrons. The maximum Gasteiger partial charge on any atom is 0.266 e. The number of halogens is 1. The van der Waals surface area contributed by atoms with Crippen LogP contribution in [0.2, 0.25) is 5.02 Å². The van der Waals surface area contributed by atoms with E-state index in [2.05, 4.69) is 5.32 Å². The van der Waals surface area contributed by atoms with E-state index in [9.17, 15) is 14.7 Å². The van der Waals surface area contributed by atoms with E-state index in [0.717, 1.165) is 11.8 Å². The molecule has 0 atom stereocenters. The van der Waals surface area contributed by atoms with Crippen LogP contribution in [0.5, 0.6) is 5.75 Å². The highest BCUT2D eigenvalue weighted by atomic mass is 35.5. The monoisotopic (exact) mass is 404 g/mol. The number of rotatable bonds is 4. The minimum absolute atomic E-state index is 0.108. The summed E-state index contributed by atoms with van der Waals surface area (Å²) in [5, 5.41) is 12.8. The Bertz CT molecular complexity index is 913. The molecule has 1 aliphatic rings. The Labute approximate surface area is 164 Å². The highest BCUT2D eigenvalue weighted by molar-refractivity contribution is 8.26. The molecule has 8 heteroatoms. The first-order chi connectivity index (χ1) is 12.4. The largest absolute Gasteiger partial charge is 0.508 e. The number of phenolic OH excluding ortho intramolecular Hbond substituents is 1. The van der Waals surface area contributed by atoms with E-state index in [0.29, 0.717) is 25.5 Å². The Morgan fingerprint density at radius 1 is 1.27 bits per heavy atom. The van der Waals surface area contributed by atoms with Gasteiger partial charge in [0.05, 0.1) is 4.91 Å². The van der Waals surface area contributed by atoms with Crippen LogP contribution in [0.15, 0.2) is 53.4 Å². The third kappa shape index (κ3) is 4.43. The van der Waals surface area contributed by atoms with Crippen molar-refractivity contribution in [3.05, 3.63) is 64.0 Å². The van der Waals surface area contributed by atoms with Gasteiger partial charge >= 0.3 is 0 Å². The summed E-state index contributed by atoms with van der Waals surface area (Å²) in [5.41, 5.74) is 1.26. The van der Waals surface area contributed by atoms with Crippen LogP contribution in [0.3, 0.4) is 0 Å². The Kier molecular flexibility index (Phi) is 5.61. The van der Waals surface area contributed by atoms with Gasteiger partial charge in [0.25, 0.3) is 5.91 Å². The molecule has 1 fully saturated rings. The van der Waals surface area contributed by atoms with Crippen molar-refractivity contribution in [1.82, 2.24) is 4.90 Å². The number of hydrogen-bond acceptors (Lipinski definition) is 5. The molecular weight excluding hydrogens is 392 g/mol. The van der Waals surface area contributed by atoms with Gasteiger partial charge in [-0.05, 0) is 48.0 Å². The zero-order valence-corrected chi connectivity index (χ0v) is 15.7. The van der Waals surface area contributed by atoms with Gasteiger partial charge in [-0.3, -0.25) is 14.5 Å². The normalized spacial score (nSPS) is 15.6. The summed E-state index contributed by atoms with van der Waals surface area (Å²) in [6, 6.07) is 13.2. The maximum absolute atomic E-state index is 12.5. The zero-order chi connectivity index (χ0) is 18.7. The number of aromatic hydroxyl groups is 1. The molecule has 0 aliphatic carbocycles. The third-order valence-corrected chi connectivity index (χ3v) is 5.10. The SMILES string of the molecule is O=C(CN1C(=O)/C(=C/c2cccc(O)c2)SC1=S)Nc1ccc(Cl)cc1. The van der Waals surface area contributed by atoms with Crippen LogP contribution < -0.4 is 5.32 Å². The summed E-state index contributed by atoms with van der Waals surface area (Å²) in [5.74, 6) is -0.589. The molecule has 1 aliphatic heterocycles. The van der Waals surface area contributed by atoms with Gasteiger partial charge in [0.1, 0.15) is 16.6 Å². The Morgan fingerprint density at radius 2 is 2.00 bits per heavy atom. The van der Waals surface area contributed by atoms with Crippen molar-refractivity contribution >= 4 is 63.5 Å². The molecule has 5 nitrogen and oxygen atoms in total. The average molecular weight is 405 g/mol. The molecule has 0 saturated carbocycles. The number of benzene rings is 2. The van der Waals surface area contributed by atoms with Crippen molar-refractivity contribution in [3.63, 3.8) is 0 Å². The van der Waals surface area contributed by atoms with Crippen LogP contribution in [0, 0.1) is 0 Å². The first kappa shape index (κ1) is 18.4. The second-order valence-electron chi connectivity index (χ2n) is 5.42. The van der Waals surface area contributed by atoms with Crippen LogP contribution in [0.1, 0.15) is 5.56 Å². The van der Waals surface area contributed by atoms with Crippen molar-refractivity contribution in [2.24, 2.45) is 0 Å². The molecule has 132 valence electrons. The van der Waals surface area contributed by atoms with E-state index >= 15 is 0 Å². The molecule has 0 spiro atoms. The van der Waals surface area contributed by atoms with E-state index in [4.69, 9.17) is 23.8 Å². The molecule has 1 saturated heterocycles. The minimum atomic E-state index is -0.359. The molecule has 3 rings (SSSR count). The van der Waals surface area contributed by atoms with Crippen molar-refractivity contribution in [2.45, 2.75) is 0 Å². The molecule has 2 amide bonds. The Balaban J connectivity index is 1.69. The van der Waals surface area contributed by atoms with E-state index in [1.54, 1.807) is 54.6 Å². The molecule has 26 heavy (non-hydrogen) atoms. The number of thiocarbonyl (C=S) groups is 1. The van der Waals surface area contributed by atoms with Gasteiger partial charge in [0.15, 0.2) is 0 Å². The number of nitrogens with zero attached hydrogens (tertiary/aromatic N) is 1. The van der Waals surface area contributed by atoms with Crippen molar-refractivity contribution in [2.75, 3.05) is 11.9 Å².